The summed E-state index contributed by atoms with van der Waals surface area (Å²) in [5.41, 5.74) is 5.62. The molecule has 0 aliphatic rings. The maximum Gasteiger partial charge on any atom is 0.143 e. The lowest BCUT2D eigenvalue weighted by Gasteiger charge is -2.05. The quantitative estimate of drug-likeness (QED) is 0.274. The van der Waals surface area contributed by atoms with Crippen LogP contribution in [0.4, 0.5) is 0 Å². The van der Waals surface area contributed by atoms with Crippen molar-refractivity contribution in [1.29, 1.82) is 0 Å². The highest BCUT2D eigenvalue weighted by molar-refractivity contribution is 9.10. The lowest BCUT2D eigenvalue weighted by Crippen LogP contribution is -1.81. The van der Waals surface area contributed by atoms with Gasteiger partial charge in [0.05, 0.1) is 0 Å². The van der Waals surface area contributed by atoms with Gasteiger partial charge in [0.1, 0.15) is 22.3 Å². The fourth-order valence-corrected chi connectivity index (χ4v) is 4.41. The molecular formula is C24H13BrO2. The molecule has 2 heterocycles. The minimum absolute atomic E-state index is 0.882. The van der Waals surface area contributed by atoms with Crippen molar-refractivity contribution in [1.82, 2.24) is 0 Å². The summed E-state index contributed by atoms with van der Waals surface area (Å²) < 4.78 is 13.5. The summed E-state index contributed by atoms with van der Waals surface area (Å²) in [5, 5.41) is 4.47. The van der Waals surface area contributed by atoms with Crippen LogP contribution in [0.1, 0.15) is 0 Å². The third kappa shape index (κ3) is 2.12. The zero-order valence-electron chi connectivity index (χ0n) is 14.2. The fraction of sp³-hybridized carbons (Fsp3) is 0. The topological polar surface area (TPSA) is 26.3 Å². The molecule has 3 heteroatoms. The normalized spacial score (nSPS) is 11.9. The fourth-order valence-electron chi connectivity index (χ4n) is 3.95. The lowest BCUT2D eigenvalue weighted by atomic mass is 10.00. The van der Waals surface area contributed by atoms with Crippen LogP contribution in [0, 0.1) is 0 Å². The predicted molar refractivity (Wildman–Crippen MR) is 114 cm³/mol. The predicted octanol–water partition coefficient (Wildman–Crippen LogP) is 7.91. The Hall–Kier alpha value is -3.04. The van der Waals surface area contributed by atoms with Gasteiger partial charge in [-0.05, 0) is 24.3 Å². The van der Waals surface area contributed by atoms with Crippen molar-refractivity contribution >= 4 is 59.8 Å². The molecule has 0 atom stereocenters. The van der Waals surface area contributed by atoms with E-state index in [1.807, 2.05) is 36.4 Å². The molecule has 0 spiro atoms. The molecule has 27 heavy (non-hydrogen) atoms. The molecule has 4 aromatic carbocycles. The minimum Gasteiger partial charge on any atom is -0.455 e. The summed E-state index contributed by atoms with van der Waals surface area (Å²) in [6.07, 6.45) is 0. The first-order chi connectivity index (χ1) is 13.3. The smallest absolute Gasteiger partial charge is 0.143 e. The Balaban J connectivity index is 1.78. The first-order valence-electron chi connectivity index (χ1n) is 8.81. The van der Waals surface area contributed by atoms with E-state index in [1.165, 1.54) is 0 Å². The number of hydrogen-bond donors (Lipinski definition) is 0. The molecule has 2 nitrogen and oxygen atoms in total. The van der Waals surface area contributed by atoms with Crippen molar-refractivity contribution in [2.45, 2.75) is 0 Å². The number of hydrogen-bond acceptors (Lipinski definition) is 2. The maximum absolute atomic E-state index is 6.25. The second kappa shape index (κ2) is 5.48. The standard InChI is InChI=1S/C24H13BrO2/c25-14-12-19-16-7-2-4-11-22(16)27-24(19)20(13-14)18-9-5-8-17-15-6-1-3-10-21(15)26-23(17)18/h1-13H. The van der Waals surface area contributed by atoms with Gasteiger partial charge < -0.3 is 8.83 Å². The lowest BCUT2D eigenvalue weighted by molar-refractivity contribution is 0.665. The Morgan fingerprint density at radius 1 is 0.519 bits per heavy atom. The van der Waals surface area contributed by atoms with E-state index in [2.05, 4.69) is 58.4 Å². The van der Waals surface area contributed by atoms with Gasteiger partial charge in [0, 0.05) is 37.1 Å². The van der Waals surface area contributed by atoms with Crippen LogP contribution in [0.2, 0.25) is 0 Å². The van der Waals surface area contributed by atoms with Crippen LogP contribution in [0.3, 0.4) is 0 Å². The van der Waals surface area contributed by atoms with Crippen molar-refractivity contribution < 1.29 is 8.83 Å². The largest absolute Gasteiger partial charge is 0.455 e. The average Bonchev–Trinajstić information content (AvgIpc) is 3.26. The van der Waals surface area contributed by atoms with E-state index in [0.29, 0.717) is 0 Å². The van der Waals surface area contributed by atoms with Crippen LogP contribution in [0.5, 0.6) is 0 Å². The van der Waals surface area contributed by atoms with Crippen LogP contribution in [-0.4, -0.2) is 0 Å². The number of fused-ring (bicyclic) bond motifs is 6. The molecule has 0 fully saturated rings. The van der Waals surface area contributed by atoms with Crippen molar-refractivity contribution in [2.24, 2.45) is 0 Å². The highest BCUT2D eigenvalue weighted by atomic mass is 79.9. The van der Waals surface area contributed by atoms with E-state index in [4.69, 9.17) is 8.83 Å². The Labute approximate surface area is 163 Å². The van der Waals surface area contributed by atoms with Gasteiger partial charge in [-0.25, -0.2) is 0 Å². The summed E-state index contributed by atoms with van der Waals surface area (Å²) in [6.45, 7) is 0. The molecule has 128 valence electrons. The van der Waals surface area contributed by atoms with Crippen molar-refractivity contribution in [3.63, 3.8) is 0 Å². The first-order valence-corrected chi connectivity index (χ1v) is 9.60. The Bertz CT molecular complexity index is 1490. The van der Waals surface area contributed by atoms with Gasteiger partial charge in [-0.1, -0.05) is 70.5 Å². The maximum atomic E-state index is 6.25. The molecule has 0 amide bonds. The molecule has 2 aromatic heterocycles. The Kier molecular flexibility index (Phi) is 3.06. The van der Waals surface area contributed by atoms with Gasteiger partial charge in [-0.2, -0.15) is 0 Å². The second-order valence-electron chi connectivity index (χ2n) is 6.71. The minimum atomic E-state index is 0.882. The van der Waals surface area contributed by atoms with Crippen LogP contribution in [-0.2, 0) is 0 Å². The molecule has 0 aliphatic heterocycles. The summed E-state index contributed by atoms with van der Waals surface area (Å²) in [4.78, 5) is 0. The third-order valence-electron chi connectivity index (χ3n) is 5.14. The van der Waals surface area contributed by atoms with Gasteiger partial charge in [0.25, 0.3) is 0 Å². The Morgan fingerprint density at radius 3 is 1.85 bits per heavy atom. The van der Waals surface area contributed by atoms with Gasteiger partial charge in [0.15, 0.2) is 0 Å². The molecule has 6 aromatic rings. The first kappa shape index (κ1) is 15.1. The van der Waals surface area contributed by atoms with Crippen LogP contribution in [0.25, 0.3) is 55.0 Å². The molecule has 0 N–H and O–H groups in total. The molecular weight excluding hydrogens is 400 g/mol. The monoisotopic (exact) mass is 412 g/mol. The zero-order valence-corrected chi connectivity index (χ0v) is 15.8. The van der Waals surface area contributed by atoms with Gasteiger partial charge in [0.2, 0.25) is 0 Å². The second-order valence-corrected chi connectivity index (χ2v) is 7.62. The number of rotatable bonds is 1. The van der Waals surface area contributed by atoms with Crippen LogP contribution in [0.15, 0.2) is 92.2 Å². The summed E-state index contributed by atoms with van der Waals surface area (Å²) in [7, 11) is 0. The van der Waals surface area contributed by atoms with E-state index >= 15 is 0 Å². The van der Waals surface area contributed by atoms with Crippen LogP contribution >= 0.6 is 15.9 Å². The molecule has 0 bridgehead atoms. The molecule has 6 rings (SSSR count). The van der Waals surface area contributed by atoms with E-state index in [9.17, 15) is 0 Å². The summed E-state index contributed by atoms with van der Waals surface area (Å²) >= 11 is 3.68. The van der Waals surface area contributed by atoms with Crippen molar-refractivity contribution in [2.75, 3.05) is 0 Å². The highest BCUT2D eigenvalue weighted by Gasteiger charge is 2.17. The average molecular weight is 413 g/mol. The van der Waals surface area contributed by atoms with E-state index in [1.54, 1.807) is 0 Å². The summed E-state index contributed by atoms with van der Waals surface area (Å²) in [6, 6.07) is 26.8. The van der Waals surface area contributed by atoms with E-state index in [-0.39, 0.29) is 0 Å². The number of para-hydroxylation sites is 3. The molecule has 0 aliphatic carbocycles. The van der Waals surface area contributed by atoms with Crippen molar-refractivity contribution in [3.05, 3.63) is 83.3 Å². The van der Waals surface area contributed by atoms with Gasteiger partial charge in [-0.3, -0.25) is 0 Å². The van der Waals surface area contributed by atoms with E-state index in [0.717, 1.165) is 59.5 Å². The molecule has 0 radical (unpaired) electrons. The zero-order chi connectivity index (χ0) is 18.0. The number of benzene rings is 4. The number of furan rings is 2. The van der Waals surface area contributed by atoms with E-state index < -0.39 is 0 Å². The molecule has 0 saturated carbocycles. The van der Waals surface area contributed by atoms with Gasteiger partial charge >= 0.3 is 0 Å². The molecule has 0 unspecified atom stereocenters. The SMILES string of the molecule is Brc1cc(-c2cccc3c2oc2ccccc23)c2oc3ccccc3c2c1. The van der Waals surface area contributed by atoms with Gasteiger partial charge in [-0.15, -0.1) is 0 Å². The number of halogens is 1. The summed E-state index contributed by atoms with van der Waals surface area (Å²) in [5.74, 6) is 0. The van der Waals surface area contributed by atoms with Crippen LogP contribution < -0.4 is 0 Å². The third-order valence-corrected chi connectivity index (χ3v) is 5.60. The van der Waals surface area contributed by atoms with Crippen molar-refractivity contribution in [3.8, 4) is 11.1 Å². The highest BCUT2D eigenvalue weighted by Crippen LogP contribution is 2.42. The molecule has 0 saturated heterocycles. The Morgan fingerprint density at radius 2 is 1.11 bits per heavy atom.